The van der Waals surface area contributed by atoms with Gasteiger partial charge in [-0.2, -0.15) is 13.2 Å². The van der Waals surface area contributed by atoms with Crippen molar-refractivity contribution < 1.29 is 22.8 Å². The molecule has 10 heteroatoms. The van der Waals surface area contributed by atoms with Gasteiger partial charge in [0, 0.05) is 49.0 Å². The van der Waals surface area contributed by atoms with Crippen LogP contribution in [0.4, 0.5) is 19.0 Å². The van der Waals surface area contributed by atoms with Gasteiger partial charge in [0.25, 0.3) is 0 Å². The Balaban J connectivity index is 1.24. The first-order valence-electron chi connectivity index (χ1n) is 13.7. The molecule has 1 aliphatic carbocycles. The molecular weight excluding hydrogens is 537 g/mol. The maximum atomic E-state index is 12.9. The number of hydrogen-bond donors (Lipinski definition) is 1. The molecule has 214 valence electrons. The van der Waals surface area contributed by atoms with Crippen LogP contribution in [0, 0.1) is 0 Å². The van der Waals surface area contributed by atoms with Gasteiger partial charge in [-0.3, -0.25) is 9.59 Å². The third-order valence-corrected chi connectivity index (χ3v) is 8.49. The highest BCUT2D eigenvalue weighted by atomic mass is 32.1. The fourth-order valence-corrected chi connectivity index (χ4v) is 6.23. The molecule has 3 aromatic rings. The molecule has 0 radical (unpaired) electrons. The Morgan fingerprint density at radius 1 is 1.12 bits per heavy atom. The van der Waals surface area contributed by atoms with Gasteiger partial charge in [0.15, 0.2) is 11.6 Å². The molecule has 0 amide bonds. The molecule has 2 heterocycles. The van der Waals surface area contributed by atoms with Crippen molar-refractivity contribution in [3.05, 3.63) is 65.3 Å². The van der Waals surface area contributed by atoms with Gasteiger partial charge in [0.2, 0.25) is 0 Å². The number of allylic oxidation sites excluding steroid dienone is 1. The van der Waals surface area contributed by atoms with Crippen molar-refractivity contribution in [1.82, 2.24) is 15.3 Å². The monoisotopic (exact) mass is 572 g/mol. The van der Waals surface area contributed by atoms with Crippen LogP contribution in [0.3, 0.4) is 0 Å². The summed E-state index contributed by atoms with van der Waals surface area (Å²) in [6, 6.07) is 9.81. The number of benzene rings is 1. The van der Waals surface area contributed by atoms with Gasteiger partial charge in [-0.15, -0.1) is 11.3 Å². The van der Waals surface area contributed by atoms with Crippen LogP contribution in [0.2, 0.25) is 0 Å². The Labute approximate surface area is 236 Å². The predicted octanol–water partition coefficient (Wildman–Crippen LogP) is 6.83. The Bertz CT molecular complexity index is 1320. The zero-order valence-corrected chi connectivity index (χ0v) is 23.5. The Hall–Kier alpha value is -3.11. The summed E-state index contributed by atoms with van der Waals surface area (Å²) in [5.74, 6) is 0.833. The zero-order valence-electron chi connectivity index (χ0n) is 22.7. The summed E-state index contributed by atoms with van der Waals surface area (Å²) in [5.41, 5.74) is 1.81. The first-order chi connectivity index (χ1) is 19.1. The molecule has 6 nitrogen and oxygen atoms in total. The van der Waals surface area contributed by atoms with Crippen LogP contribution in [-0.2, 0) is 17.8 Å². The quantitative estimate of drug-likeness (QED) is 0.130. The number of thiophene rings is 1. The summed E-state index contributed by atoms with van der Waals surface area (Å²) in [6.07, 6.45) is 3.75. The van der Waals surface area contributed by atoms with Crippen molar-refractivity contribution in [3.8, 4) is 0 Å². The minimum absolute atomic E-state index is 0.0441. The predicted molar refractivity (Wildman–Crippen MR) is 153 cm³/mol. The molecule has 4 rings (SSSR count). The van der Waals surface area contributed by atoms with E-state index in [4.69, 9.17) is 0 Å². The van der Waals surface area contributed by atoms with E-state index < -0.39 is 12.6 Å². The lowest BCUT2D eigenvalue weighted by molar-refractivity contribution is -0.126. The van der Waals surface area contributed by atoms with Crippen LogP contribution in [0.15, 0.2) is 49.3 Å². The first kappa shape index (κ1) is 29.9. The van der Waals surface area contributed by atoms with Crippen molar-refractivity contribution in [2.45, 2.75) is 82.6 Å². The summed E-state index contributed by atoms with van der Waals surface area (Å²) in [6.45, 7) is 4.16. The van der Waals surface area contributed by atoms with Gasteiger partial charge in [0.1, 0.15) is 17.0 Å². The Morgan fingerprint density at radius 3 is 2.60 bits per heavy atom. The molecule has 0 saturated heterocycles. The number of carbonyl (C=O) groups is 2. The van der Waals surface area contributed by atoms with Gasteiger partial charge < -0.3 is 10.2 Å². The molecule has 40 heavy (non-hydrogen) atoms. The van der Waals surface area contributed by atoms with Crippen molar-refractivity contribution in [3.63, 3.8) is 0 Å². The maximum absolute atomic E-state index is 12.9. The Morgan fingerprint density at radius 2 is 1.88 bits per heavy atom. The van der Waals surface area contributed by atoms with Crippen molar-refractivity contribution >= 4 is 38.9 Å². The number of nitrogens with zero attached hydrogens (tertiary/aromatic N) is 3. The molecule has 0 bridgehead atoms. The SMILES string of the molecule is C=CC(=O)CCCCCC(=O)c1ccc(CN[C@H]2CC[C@@H](N(C)c3ncnc4sc(CC(F)(F)F)cc34)C2)cc1. The van der Waals surface area contributed by atoms with Gasteiger partial charge in [-0.05, 0) is 49.8 Å². The maximum Gasteiger partial charge on any atom is 0.393 e. The molecule has 1 N–H and O–H groups in total. The summed E-state index contributed by atoms with van der Waals surface area (Å²) in [4.78, 5) is 35.2. The smallest absolute Gasteiger partial charge is 0.356 e. The second kappa shape index (κ2) is 13.5. The van der Waals surface area contributed by atoms with E-state index in [1.54, 1.807) is 6.07 Å². The molecule has 0 spiro atoms. The number of aromatic nitrogens is 2. The molecule has 1 saturated carbocycles. The topological polar surface area (TPSA) is 75.2 Å². The lowest BCUT2D eigenvalue weighted by Gasteiger charge is -2.26. The molecular formula is C30H35F3N4O2S. The van der Waals surface area contributed by atoms with E-state index in [9.17, 15) is 22.8 Å². The number of carbonyl (C=O) groups excluding carboxylic acids is 2. The standard InChI is InChI=1S/C30H35F3N4O2S/c1-3-24(38)7-5-4-6-8-27(39)21-11-9-20(10-12-21)18-34-22-13-14-23(15-22)37(2)28-26-16-25(17-30(31,32)33)40-29(26)36-19-35-28/h3,9-12,16,19,22-23,34H,1,4-8,13-15,17-18H2,2H3/t22-,23+/m0/s1. The largest absolute Gasteiger partial charge is 0.393 e. The number of unbranched alkanes of at least 4 members (excludes halogenated alkanes) is 2. The van der Waals surface area contributed by atoms with E-state index in [-0.39, 0.29) is 22.5 Å². The number of rotatable bonds is 14. The van der Waals surface area contributed by atoms with Crippen LogP contribution < -0.4 is 10.2 Å². The summed E-state index contributed by atoms with van der Waals surface area (Å²) < 4.78 is 38.7. The van der Waals surface area contributed by atoms with Crippen molar-refractivity contribution in [2.75, 3.05) is 11.9 Å². The second-order valence-corrected chi connectivity index (χ2v) is 11.5. The van der Waals surface area contributed by atoms with E-state index in [2.05, 4.69) is 26.8 Å². The molecule has 1 aliphatic rings. The summed E-state index contributed by atoms with van der Waals surface area (Å²) in [5, 5.41) is 4.28. The molecule has 2 atom stereocenters. The van der Waals surface area contributed by atoms with Crippen LogP contribution >= 0.6 is 11.3 Å². The minimum Gasteiger partial charge on any atom is -0.356 e. The van der Waals surface area contributed by atoms with E-state index in [0.717, 1.165) is 55.4 Å². The molecule has 0 unspecified atom stereocenters. The van der Waals surface area contributed by atoms with Gasteiger partial charge in [-0.1, -0.05) is 37.3 Å². The Kier molecular flexibility index (Phi) is 10.1. The van der Waals surface area contributed by atoms with E-state index >= 15 is 0 Å². The highest BCUT2D eigenvalue weighted by Gasteiger charge is 2.31. The highest BCUT2D eigenvalue weighted by molar-refractivity contribution is 7.18. The average molecular weight is 573 g/mol. The van der Waals surface area contributed by atoms with E-state index in [1.165, 1.54) is 12.4 Å². The van der Waals surface area contributed by atoms with Crippen LogP contribution in [0.25, 0.3) is 10.2 Å². The number of Topliss-reactive ketones (excluding diaryl/α,β-unsaturated/α-hetero) is 1. The van der Waals surface area contributed by atoms with Crippen LogP contribution in [0.5, 0.6) is 0 Å². The lowest BCUT2D eigenvalue weighted by atomic mass is 10.0. The molecule has 2 aromatic heterocycles. The third kappa shape index (κ3) is 8.20. The number of alkyl halides is 3. The highest BCUT2D eigenvalue weighted by Crippen LogP contribution is 2.35. The van der Waals surface area contributed by atoms with Gasteiger partial charge in [0.05, 0.1) is 11.8 Å². The molecule has 1 fully saturated rings. The first-order valence-corrected chi connectivity index (χ1v) is 14.5. The normalized spacial score (nSPS) is 17.3. The van der Waals surface area contributed by atoms with E-state index in [0.29, 0.717) is 47.0 Å². The van der Waals surface area contributed by atoms with Crippen molar-refractivity contribution in [1.29, 1.82) is 0 Å². The second-order valence-electron chi connectivity index (χ2n) is 10.4. The average Bonchev–Trinajstić information content (AvgIpc) is 3.57. The lowest BCUT2D eigenvalue weighted by Crippen LogP contribution is -2.33. The fourth-order valence-electron chi connectivity index (χ4n) is 5.21. The number of ketones is 2. The number of hydrogen-bond acceptors (Lipinski definition) is 7. The zero-order chi connectivity index (χ0) is 28.7. The number of nitrogens with one attached hydrogen (secondary N) is 1. The van der Waals surface area contributed by atoms with E-state index in [1.807, 2.05) is 31.3 Å². The van der Waals surface area contributed by atoms with Gasteiger partial charge >= 0.3 is 6.18 Å². The number of anilines is 1. The van der Waals surface area contributed by atoms with Crippen LogP contribution in [-0.4, -0.2) is 46.8 Å². The summed E-state index contributed by atoms with van der Waals surface area (Å²) >= 11 is 1.07. The fraction of sp³-hybridized carbons (Fsp3) is 0.467. The number of fused-ring (bicyclic) bond motifs is 1. The van der Waals surface area contributed by atoms with Crippen LogP contribution in [0.1, 0.15) is 72.2 Å². The summed E-state index contributed by atoms with van der Waals surface area (Å²) in [7, 11) is 1.95. The third-order valence-electron chi connectivity index (χ3n) is 7.45. The minimum atomic E-state index is -4.25. The van der Waals surface area contributed by atoms with Gasteiger partial charge in [-0.25, -0.2) is 9.97 Å². The molecule has 1 aromatic carbocycles. The molecule has 0 aliphatic heterocycles. The van der Waals surface area contributed by atoms with Crippen molar-refractivity contribution in [2.24, 2.45) is 0 Å². The number of halogens is 3.